The average molecular weight is 423 g/mol. The summed E-state index contributed by atoms with van der Waals surface area (Å²) in [5.74, 6) is 0. The molecular formula is C19H20Cl2N4OS. The van der Waals surface area contributed by atoms with Gasteiger partial charge in [-0.25, -0.2) is 9.79 Å². The van der Waals surface area contributed by atoms with Crippen LogP contribution in [0.4, 0.5) is 21.9 Å². The predicted molar refractivity (Wildman–Crippen MR) is 117 cm³/mol. The molecule has 1 aliphatic rings. The lowest BCUT2D eigenvalue weighted by atomic mass is 10.3. The number of amides is 2. The highest BCUT2D eigenvalue weighted by Crippen LogP contribution is 2.30. The summed E-state index contributed by atoms with van der Waals surface area (Å²) in [5.41, 5.74) is 2.50. The molecule has 0 aromatic heterocycles. The highest BCUT2D eigenvalue weighted by atomic mass is 35.5. The first-order valence-corrected chi connectivity index (χ1v) is 10.0. The summed E-state index contributed by atoms with van der Waals surface area (Å²) >= 11 is 13.5. The molecule has 0 aliphatic carbocycles. The van der Waals surface area contributed by atoms with Gasteiger partial charge in [0.2, 0.25) is 0 Å². The van der Waals surface area contributed by atoms with Crippen molar-refractivity contribution in [3.8, 4) is 0 Å². The standard InChI is InChI=1S/C19H20Cl2N4OS/c1-12-11-25(18(26)22-14-6-9-16(20)17(21)10-14)19(27-12)23-13-4-7-15(8-5-13)24(2)3/h4-10,12H,11H2,1-3H3,(H,22,26)/t12-/m1/s1. The molecule has 142 valence electrons. The Kier molecular flexibility index (Phi) is 6.19. The number of rotatable bonds is 3. The van der Waals surface area contributed by atoms with E-state index in [4.69, 9.17) is 23.2 Å². The fraction of sp³-hybridized carbons (Fsp3) is 0.263. The van der Waals surface area contributed by atoms with Crippen LogP contribution >= 0.6 is 35.0 Å². The molecule has 8 heteroatoms. The predicted octanol–water partition coefficient (Wildman–Crippen LogP) is 5.72. The zero-order valence-corrected chi connectivity index (χ0v) is 17.6. The smallest absolute Gasteiger partial charge is 0.327 e. The molecule has 0 radical (unpaired) electrons. The van der Waals surface area contributed by atoms with Crippen molar-refractivity contribution in [3.05, 3.63) is 52.5 Å². The van der Waals surface area contributed by atoms with Crippen molar-refractivity contribution in [1.82, 2.24) is 4.90 Å². The van der Waals surface area contributed by atoms with Crippen LogP contribution in [0.5, 0.6) is 0 Å². The number of halogens is 2. The minimum atomic E-state index is -0.242. The van der Waals surface area contributed by atoms with Crippen molar-refractivity contribution in [1.29, 1.82) is 0 Å². The third-order valence-corrected chi connectivity index (χ3v) is 5.80. The molecular weight excluding hydrogens is 403 g/mol. The molecule has 2 amide bonds. The molecule has 0 saturated carbocycles. The molecule has 1 aliphatic heterocycles. The van der Waals surface area contributed by atoms with Crippen molar-refractivity contribution in [2.75, 3.05) is 30.9 Å². The van der Waals surface area contributed by atoms with Crippen LogP contribution in [0.2, 0.25) is 10.0 Å². The van der Waals surface area contributed by atoms with E-state index in [1.54, 1.807) is 34.9 Å². The zero-order valence-electron chi connectivity index (χ0n) is 15.2. The Morgan fingerprint density at radius 1 is 1.19 bits per heavy atom. The SMILES string of the molecule is C[C@@H]1CN(C(=O)Nc2ccc(Cl)c(Cl)c2)C(=Nc2ccc(N(C)C)cc2)S1. The van der Waals surface area contributed by atoms with E-state index in [1.807, 2.05) is 43.3 Å². The molecule has 0 unspecified atom stereocenters. The number of aliphatic imine (C=N–C) groups is 1. The van der Waals surface area contributed by atoms with Gasteiger partial charge in [0.05, 0.1) is 15.7 Å². The van der Waals surface area contributed by atoms with Gasteiger partial charge in [0.25, 0.3) is 0 Å². The number of benzene rings is 2. The largest absolute Gasteiger partial charge is 0.378 e. The monoisotopic (exact) mass is 422 g/mol. The second kappa shape index (κ2) is 8.42. The average Bonchev–Trinajstić information content (AvgIpc) is 2.99. The maximum Gasteiger partial charge on any atom is 0.327 e. The summed E-state index contributed by atoms with van der Waals surface area (Å²) in [6, 6.07) is 12.7. The van der Waals surface area contributed by atoms with Gasteiger partial charge in [0, 0.05) is 37.3 Å². The second-order valence-corrected chi connectivity index (χ2v) is 8.62. The number of hydrogen-bond donors (Lipinski definition) is 1. The molecule has 1 fully saturated rings. The Hall–Kier alpha value is -1.89. The van der Waals surface area contributed by atoms with Gasteiger partial charge in [0.15, 0.2) is 5.17 Å². The number of hydrogen-bond acceptors (Lipinski definition) is 4. The van der Waals surface area contributed by atoms with Crippen LogP contribution in [0.3, 0.4) is 0 Å². The fourth-order valence-electron chi connectivity index (χ4n) is 2.57. The summed E-state index contributed by atoms with van der Waals surface area (Å²) < 4.78 is 0. The second-order valence-electron chi connectivity index (χ2n) is 6.40. The molecule has 27 heavy (non-hydrogen) atoms. The molecule has 5 nitrogen and oxygen atoms in total. The van der Waals surface area contributed by atoms with E-state index in [1.165, 1.54) is 0 Å². The Morgan fingerprint density at radius 2 is 1.89 bits per heavy atom. The van der Waals surface area contributed by atoms with Gasteiger partial charge in [0.1, 0.15) is 0 Å². The zero-order chi connectivity index (χ0) is 19.6. The van der Waals surface area contributed by atoms with E-state index in [2.05, 4.69) is 17.2 Å². The molecule has 3 rings (SSSR count). The first kappa shape index (κ1) is 19.9. The van der Waals surface area contributed by atoms with Crippen molar-refractivity contribution in [2.24, 2.45) is 4.99 Å². The number of thioether (sulfide) groups is 1. The molecule has 1 atom stereocenters. The van der Waals surface area contributed by atoms with Crippen LogP contribution in [-0.4, -0.2) is 42.0 Å². The maximum atomic E-state index is 12.7. The molecule has 0 spiro atoms. The van der Waals surface area contributed by atoms with E-state index in [-0.39, 0.29) is 11.3 Å². The molecule has 2 aromatic carbocycles. The lowest BCUT2D eigenvalue weighted by Crippen LogP contribution is -2.36. The van der Waals surface area contributed by atoms with Gasteiger partial charge in [-0.15, -0.1) is 0 Å². The first-order chi connectivity index (χ1) is 12.8. The lowest BCUT2D eigenvalue weighted by molar-refractivity contribution is 0.235. The van der Waals surface area contributed by atoms with Gasteiger partial charge >= 0.3 is 6.03 Å². The number of nitrogens with one attached hydrogen (secondary N) is 1. The van der Waals surface area contributed by atoms with Gasteiger partial charge in [-0.05, 0) is 42.5 Å². The van der Waals surface area contributed by atoms with E-state index < -0.39 is 0 Å². The summed E-state index contributed by atoms with van der Waals surface area (Å²) in [6.45, 7) is 2.66. The third-order valence-electron chi connectivity index (χ3n) is 3.98. The normalized spacial score (nSPS) is 18.0. The lowest BCUT2D eigenvalue weighted by Gasteiger charge is -2.17. The van der Waals surface area contributed by atoms with Crippen LogP contribution in [0.15, 0.2) is 47.5 Å². The van der Waals surface area contributed by atoms with E-state index in [0.29, 0.717) is 27.4 Å². The molecule has 1 saturated heterocycles. The highest BCUT2D eigenvalue weighted by Gasteiger charge is 2.31. The van der Waals surface area contributed by atoms with Gasteiger partial charge in [-0.3, -0.25) is 4.90 Å². The van der Waals surface area contributed by atoms with Crippen molar-refractivity contribution in [2.45, 2.75) is 12.2 Å². The maximum absolute atomic E-state index is 12.7. The fourth-order valence-corrected chi connectivity index (χ4v) is 3.90. The third kappa shape index (κ3) is 4.89. The highest BCUT2D eigenvalue weighted by molar-refractivity contribution is 8.14. The topological polar surface area (TPSA) is 47.9 Å². The molecule has 1 heterocycles. The quantitative estimate of drug-likeness (QED) is 0.687. The number of carbonyl (C=O) groups excluding carboxylic acids is 1. The van der Waals surface area contributed by atoms with Gasteiger partial charge in [-0.1, -0.05) is 41.9 Å². The van der Waals surface area contributed by atoms with E-state index in [0.717, 1.165) is 11.4 Å². The number of anilines is 2. The summed E-state index contributed by atoms with van der Waals surface area (Å²) in [5, 5.41) is 4.65. The van der Waals surface area contributed by atoms with Gasteiger partial charge in [-0.2, -0.15) is 0 Å². The van der Waals surface area contributed by atoms with Gasteiger partial charge < -0.3 is 10.2 Å². The van der Waals surface area contributed by atoms with Crippen molar-refractivity contribution < 1.29 is 4.79 Å². The Morgan fingerprint density at radius 3 is 2.52 bits per heavy atom. The Labute approximate surface area is 173 Å². The minimum Gasteiger partial charge on any atom is -0.378 e. The molecule has 2 aromatic rings. The summed E-state index contributed by atoms with van der Waals surface area (Å²) in [6.07, 6.45) is 0. The summed E-state index contributed by atoms with van der Waals surface area (Å²) in [4.78, 5) is 21.1. The first-order valence-electron chi connectivity index (χ1n) is 8.40. The van der Waals surface area contributed by atoms with E-state index >= 15 is 0 Å². The van der Waals surface area contributed by atoms with E-state index in [9.17, 15) is 4.79 Å². The number of urea groups is 1. The minimum absolute atomic E-state index is 0.242. The van der Waals surface area contributed by atoms with Crippen LogP contribution in [-0.2, 0) is 0 Å². The molecule has 1 N–H and O–H groups in total. The van der Waals surface area contributed by atoms with Crippen LogP contribution < -0.4 is 10.2 Å². The number of nitrogens with zero attached hydrogens (tertiary/aromatic N) is 3. The van der Waals surface area contributed by atoms with Crippen molar-refractivity contribution in [3.63, 3.8) is 0 Å². The summed E-state index contributed by atoms with van der Waals surface area (Å²) in [7, 11) is 3.98. The number of carbonyl (C=O) groups is 1. The Bertz CT molecular complexity index is 871. The van der Waals surface area contributed by atoms with Crippen molar-refractivity contribution >= 4 is 63.2 Å². The van der Waals surface area contributed by atoms with Crippen LogP contribution in [0.25, 0.3) is 0 Å². The Balaban J connectivity index is 1.78. The van der Waals surface area contributed by atoms with Crippen LogP contribution in [0.1, 0.15) is 6.92 Å². The molecule has 0 bridgehead atoms. The van der Waals surface area contributed by atoms with Crippen LogP contribution in [0, 0.1) is 0 Å². The number of amidine groups is 1.